The lowest BCUT2D eigenvalue weighted by Crippen LogP contribution is -2.23. The molecule has 0 spiro atoms. The summed E-state index contributed by atoms with van der Waals surface area (Å²) in [5.74, 6) is 0. The minimum Gasteiger partial charge on any atom is -0.310 e. The second-order valence-electron chi connectivity index (χ2n) is 4.62. The number of rotatable bonds is 6. The molecule has 1 N–H and O–H groups in total. The Morgan fingerprint density at radius 2 is 1.95 bits per heavy atom. The van der Waals surface area contributed by atoms with Gasteiger partial charge in [0.2, 0.25) is 0 Å². The van der Waals surface area contributed by atoms with Crippen LogP contribution in [-0.4, -0.2) is 6.54 Å². The minimum atomic E-state index is 0.201. The molecule has 20 heavy (non-hydrogen) atoms. The monoisotopic (exact) mass is 391 g/mol. The predicted octanol–water partition coefficient (Wildman–Crippen LogP) is 6.10. The topological polar surface area (TPSA) is 12.0 Å². The number of thiophene rings is 1. The van der Waals surface area contributed by atoms with Crippen molar-refractivity contribution in [1.82, 2.24) is 5.32 Å². The maximum absolute atomic E-state index is 6.30. The van der Waals surface area contributed by atoms with Gasteiger partial charge in [0, 0.05) is 16.1 Å². The molecular formula is C15H16BrCl2NS. The van der Waals surface area contributed by atoms with Crippen LogP contribution in [0.15, 0.2) is 34.8 Å². The summed E-state index contributed by atoms with van der Waals surface area (Å²) in [6, 6.07) is 10.6. The van der Waals surface area contributed by atoms with Crippen molar-refractivity contribution in [2.24, 2.45) is 0 Å². The summed E-state index contributed by atoms with van der Waals surface area (Å²) in [7, 11) is 0. The molecule has 0 aliphatic heterocycles. The molecular weight excluding hydrogens is 377 g/mol. The lowest BCUT2D eigenvalue weighted by molar-refractivity contribution is 0.530. The number of benzene rings is 1. The quantitative estimate of drug-likeness (QED) is 0.625. The third kappa shape index (κ3) is 4.47. The molecule has 1 nitrogen and oxygen atoms in total. The number of halogens is 3. The van der Waals surface area contributed by atoms with Crippen LogP contribution in [0, 0.1) is 0 Å². The van der Waals surface area contributed by atoms with E-state index in [1.807, 2.05) is 6.07 Å². The second-order valence-corrected chi connectivity index (χ2v) is 7.82. The van der Waals surface area contributed by atoms with Crippen LogP contribution >= 0.6 is 50.5 Å². The van der Waals surface area contributed by atoms with Crippen molar-refractivity contribution < 1.29 is 0 Å². The Bertz CT molecular complexity index is 554. The van der Waals surface area contributed by atoms with E-state index in [2.05, 4.69) is 52.4 Å². The molecule has 0 saturated carbocycles. The molecule has 1 aromatic carbocycles. The van der Waals surface area contributed by atoms with Crippen LogP contribution in [0.3, 0.4) is 0 Å². The third-order valence-corrected chi connectivity index (χ3v) is 5.10. The van der Waals surface area contributed by atoms with Gasteiger partial charge in [0.1, 0.15) is 0 Å². The summed E-state index contributed by atoms with van der Waals surface area (Å²) in [4.78, 5) is 0. The van der Waals surface area contributed by atoms with E-state index in [0.717, 1.165) is 38.1 Å². The molecule has 1 heterocycles. The lowest BCUT2D eigenvalue weighted by Gasteiger charge is -2.18. The summed E-state index contributed by atoms with van der Waals surface area (Å²) in [6.45, 7) is 3.12. The average molecular weight is 393 g/mol. The summed E-state index contributed by atoms with van der Waals surface area (Å²) >= 11 is 17.3. The smallest absolute Gasteiger partial charge is 0.0992 e. The molecule has 5 heteroatoms. The van der Waals surface area contributed by atoms with Gasteiger partial charge in [0.15, 0.2) is 0 Å². The van der Waals surface area contributed by atoms with Gasteiger partial charge in [0.05, 0.1) is 8.67 Å². The van der Waals surface area contributed by atoms with Crippen molar-refractivity contribution in [2.45, 2.75) is 25.8 Å². The summed E-state index contributed by atoms with van der Waals surface area (Å²) in [6.07, 6.45) is 1.99. The molecule has 0 radical (unpaired) electrons. The van der Waals surface area contributed by atoms with E-state index in [-0.39, 0.29) is 6.04 Å². The molecule has 1 aromatic heterocycles. The Kier molecular flexibility index (Phi) is 6.37. The van der Waals surface area contributed by atoms with Gasteiger partial charge >= 0.3 is 0 Å². The van der Waals surface area contributed by atoms with Gasteiger partial charge < -0.3 is 5.32 Å². The molecule has 0 saturated heterocycles. The van der Waals surface area contributed by atoms with Gasteiger partial charge in [-0.05, 0) is 43.1 Å². The van der Waals surface area contributed by atoms with Crippen LogP contribution in [0.25, 0.3) is 0 Å². The van der Waals surface area contributed by atoms with Gasteiger partial charge in [0.25, 0.3) is 0 Å². The van der Waals surface area contributed by atoms with Crippen molar-refractivity contribution in [1.29, 1.82) is 0 Å². The van der Waals surface area contributed by atoms with Crippen molar-refractivity contribution in [3.8, 4) is 0 Å². The highest BCUT2D eigenvalue weighted by Gasteiger charge is 2.17. The van der Waals surface area contributed by atoms with E-state index < -0.39 is 0 Å². The van der Waals surface area contributed by atoms with Gasteiger partial charge in [-0.25, -0.2) is 0 Å². The SMILES string of the molecule is CCCNC(Cc1ccc(Br)cc1)c1cc(Cl)sc1Cl. The second kappa shape index (κ2) is 7.81. The number of hydrogen-bond acceptors (Lipinski definition) is 2. The van der Waals surface area contributed by atoms with Crippen molar-refractivity contribution in [3.05, 3.63) is 54.6 Å². The Labute approximate surface area is 142 Å². The lowest BCUT2D eigenvalue weighted by atomic mass is 10.0. The van der Waals surface area contributed by atoms with Crippen molar-refractivity contribution in [2.75, 3.05) is 6.54 Å². The first-order valence-corrected chi connectivity index (χ1v) is 8.89. The van der Waals surface area contributed by atoms with Crippen LogP contribution in [-0.2, 0) is 6.42 Å². The Morgan fingerprint density at radius 3 is 2.50 bits per heavy atom. The molecule has 0 bridgehead atoms. The average Bonchev–Trinajstić information content (AvgIpc) is 2.76. The standard InChI is InChI=1S/C15H16BrCl2NS/c1-2-7-19-13(12-9-14(17)20-15(12)18)8-10-3-5-11(16)6-4-10/h3-6,9,13,19H,2,7-8H2,1H3. The zero-order chi connectivity index (χ0) is 14.5. The van der Waals surface area contributed by atoms with Crippen LogP contribution in [0.2, 0.25) is 8.67 Å². The first-order valence-electron chi connectivity index (χ1n) is 6.52. The molecule has 0 aliphatic carbocycles. The molecule has 108 valence electrons. The van der Waals surface area contributed by atoms with Gasteiger partial charge in [-0.15, -0.1) is 11.3 Å². The van der Waals surface area contributed by atoms with Gasteiger partial charge in [-0.3, -0.25) is 0 Å². The Balaban J connectivity index is 2.19. The highest BCUT2D eigenvalue weighted by atomic mass is 79.9. The molecule has 2 rings (SSSR count). The molecule has 1 atom stereocenters. The van der Waals surface area contributed by atoms with E-state index in [1.54, 1.807) is 0 Å². The van der Waals surface area contributed by atoms with E-state index in [9.17, 15) is 0 Å². The maximum Gasteiger partial charge on any atom is 0.0992 e. The summed E-state index contributed by atoms with van der Waals surface area (Å²) < 4.78 is 2.61. The Hall–Kier alpha value is -0.0600. The molecule has 0 aliphatic rings. The largest absolute Gasteiger partial charge is 0.310 e. The predicted molar refractivity (Wildman–Crippen MR) is 93.2 cm³/mol. The first kappa shape index (κ1) is 16.3. The van der Waals surface area contributed by atoms with Crippen LogP contribution in [0.5, 0.6) is 0 Å². The highest BCUT2D eigenvalue weighted by Crippen LogP contribution is 2.36. The van der Waals surface area contributed by atoms with E-state index in [1.165, 1.54) is 16.9 Å². The van der Waals surface area contributed by atoms with Crippen molar-refractivity contribution in [3.63, 3.8) is 0 Å². The molecule has 0 amide bonds. The normalized spacial score (nSPS) is 12.6. The van der Waals surface area contributed by atoms with Crippen LogP contribution < -0.4 is 5.32 Å². The van der Waals surface area contributed by atoms with E-state index in [4.69, 9.17) is 23.2 Å². The van der Waals surface area contributed by atoms with Gasteiger partial charge in [-0.1, -0.05) is 58.2 Å². The van der Waals surface area contributed by atoms with Crippen LogP contribution in [0.1, 0.15) is 30.5 Å². The summed E-state index contributed by atoms with van der Waals surface area (Å²) in [5.41, 5.74) is 2.37. The van der Waals surface area contributed by atoms with Crippen LogP contribution in [0.4, 0.5) is 0 Å². The fraction of sp³-hybridized carbons (Fsp3) is 0.333. The number of nitrogens with one attached hydrogen (secondary N) is 1. The fourth-order valence-corrected chi connectivity index (χ4v) is 3.90. The van der Waals surface area contributed by atoms with Gasteiger partial charge in [-0.2, -0.15) is 0 Å². The van der Waals surface area contributed by atoms with Crippen molar-refractivity contribution >= 4 is 50.5 Å². The third-order valence-electron chi connectivity index (χ3n) is 3.05. The first-order chi connectivity index (χ1) is 9.60. The maximum atomic E-state index is 6.30. The Morgan fingerprint density at radius 1 is 1.25 bits per heavy atom. The highest BCUT2D eigenvalue weighted by molar-refractivity contribution is 9.10. The minimum absolute atomic E-state index is 0.201. The van der Waals surface area contributed by atoms with E-state index >= 15 is 0 Å². The molecule has 0 fully saturated rings. The molecule has 2 aromatic rings. The van der Waals surface area contributed by atoms with E-state index in [0.29, 0.717) is 0 Å². The fourth-order valence-electron chi connectivity index (χ4n) is 2.06. The summed E-state index contributed by atoms with van der Waals surface area (Å²) in [5, 5.41) is 3.55. The molecule has 1 unspecified atom stereocenters. The zero-order valence-corrected chi connectivity index (χ0v) is 15.0. The zero-order valence-electron chi connectivity index (χ0n) is 11.1. The number of hydrogen-bond donors (Lipinski definition) is 1.